The Morgan fingerprint density at radius 2 is 1.81 bits per heavy atom. The molecule has 0 fully saturated rings. The SMILES string of the molecule is CS(=O)(=O)c1ccc(C(O)CN2CCc3c(cccc3C(F)(F)F)C2)cc1. The van der Waals surface area contributed by atoms with Crippen molar-refractivity contribution in [2.24, 2.45) is 0 Å². The van der Waals surface area contributed by atoms with Gasteiger partial charge in [0.05, 0.1) is 16.6 Å². The fourth-order valence-electron chi connectivity index (χ4n) is 3.38. The molecule has 8 heteroatoms. The van der Waals surface area contributed by atoms with Crippen molar-refractivity contribution in [2.75, 3.05) is 19.3 Å². The molecule has 0 aromatic heterocycles. The molecule has 0 spiro atoms. The second-order valence-corrected chi connectivity index (χ2v) is 8.80. The number of fused-ring (bicyclic) bond motifs is 1. The quantitative estimate of drug-likeness (QED) is 0.858. The third kappa shape index (κ3) is 4.51. The summed E-state index contributed by atoms with van der Waals surface area (Å²) in [6, 6.07) is 10.2. The van der Waals surface area contributed by atoms with Gasteiger partial charge in [-0.05, 0) is 41.3 Å². The van der Waals surface area contributed by atoms with Crippen LogP contribution in [-0.2, 0) is 29.0 Å². The van der Waals surface area contributed by atoms with Crippen molar-refractivity contribution in [1.82, 2.24) is 4.90 Å². The summed E-state index contributed by atoms with van der Waals surface area (Å²) in [4.78, 5) is 2.07. The molecular weight excluding hydrogens is 379 g/mol. The first-order valence-electron chi connectivity index (χ1n) is 8.44. The zero-order chi connectivity index (χ0) is 19.8. The van der Waals surface area contributed by atoms with E-state index in [1.54, 1.807) is 18.2 Å². The van der Waals surface area contributed by atoms with E-state index in [1.807, 2.05) is 4.90 Å². The van der Waals surface area contributed by atoms with Gasteiger partial charge in [-0.3, -0.25) is 4.90 Å². The van der Waals surface area contributed by atoms with Crippen LogP contribution in [0.5, 0.6) is 0 Å². The van der Waals surface area contributed by atoms with Crippen molar-refractivity contribution >= 4 is 9.84 Å². The van der Waals surface area contributed by atoms with Crippen molar-refractivity contribution in [1.29, 1.82) is 0 Å². The third-order valence-corrected chi connectivity index (χ3v) is 5.90. The van der Waals surface area contributed by atoms with E-state index in [4.69, 9.17) is 0 Å². The van der Waals surface area contributed by atoms with Crippen LogP contribution in [0.25, 0.3) is 0 Å². The first-order valence-corrected chi connectivity index (χ1v) is 10.3. The minimum Gasteiger partial charge on any atom is -0.387 e. The van der Waals surface area contributed by atoms with Gasteiger partial charge in [-0.2, -0.15) is 13.2 Å². The highest BCUT2D eigenvalue weighted by molar-refractivity contribution is 7.90. The van der Waals surface area contributed by atoms with E-state index in [9.17, 15) is 26.7 Å². The van der Waals surface area contributed by atoms with Gasteiger partial charge < -0.3 is 5.11 Å². The van der Waals surface area contributed by atoms with Gasteiger partial charge in [0, 0.05) is 25.9 Å². The summed E-state index contributed by atoms with van der Waals surface area (Å²) in [5.74, 6) is 0. The lowest BCUT2D eigenvalue weighted by molar-refractivity contribution is -0.138. The normalized spacial score (nSPS) is 16.8. The second-order valence-electron chi connectivity index (χ2n) is 6.78. The predicted octanol–water partition coefficient (Wildman–Crippen LogP) is 3.20. The molecular formula is C19H20F3NO3S. The lowest BCUT2D eigenvalue weighted by Gasteiger charge is -2.31. The van der Waals surface area contributed by atoms with Crippen molar-refractivity contribution < 1.29 is 26.7 Å². The summed E-state index contributed by atoms with van der Waals surface area (Å²) in [5.41, 5.74) is 0.928. The summed E-state index contributed by atoms with van der Waals surface area (Å²) in [6.45, 7) is 1.00. The van der Waals surface area contributed by atoms with E-state index in [-0.39, 0.29) is 17.9 Å². The summed E-state index contributed by atoms with van der Waals surface area (Å²) in [7, 11) is -3.31. The van der Waals surface area contributed by atoms with Crippen LogP contribution in [0.3, 0.4) is 0 Å². The van der Waals surface area contributed by atoms with Crippen molar-refractivity contribution in [3.8, 4) is 0 Å². The van der Waals surface area contributed by atoms with Gasteiger partial charge in [0.25, 0.3) is 0 Å². The van der Waals surface area contributed by atoms with Crippen LogP contribution in [0.2, 0.25) is 0 Å². The summed E-state index contributed by atoms with van der Waals surface area (Å²) < 4.78 is 62.4. The van der Waals surface area contributed by atoms with Gasteiger partial charge in [0.1, 0.15) is 0 Å². The van der Waals surface area contributed by atoms with Crippen LogP contribution in [-0.4, -0.2) is 37.8 Å². The molecule has 2 aromatic carbocycles. The Labute approximate surface area is 156 Å². The number of alkyl halides is 3. The average molecular weight is 399 g/mol. The number of sulfone groups is 1. The number of benzene rings is 2. The molecule has 146 valence electrons. The van der Waals surface area contributed by atoms with Gasteiger partial charge in [-0.25, -0.2) is 8.42 Å². The molecule has 1 heterocycles. The van der Waals surface area contributed by atoms with Crippen LogP contribution in [0.15, 0.2) is 47.4 Å². The molecule has 0 saturated carbocycles. The Bertz CT molecular complexity index is 924. The molecule has 4 nitrogen and oxygen atoms in total. The minimum atomic E-state index is -4.37. The summed E-state index contributed by atoms with van der Waals surface area (Å²) in [5, 5.41) is 10.4. The maximum absolute atomic E-state index is 13.1. The number of aliphatic hydroxyl groups excluding tert-OH is 1. The van der Waals surface area contributed by atoms with Crippen LogP contribution >= 0.6 is 0 Å². The molecule has 2 aromatic rings. The van der Waals surface area contributed by atoms with Gasteiger partial charge >= 0.3 is 6.18 Å². The van der Waals surface area contributed by atoms with E-state index in [1.165, 1.54) is 18.2 Å². The van der Waals surface area contributed by atoms with Crippen LogP contribution in [0.1, 0.15) is 28.4 Å². The Kier molecular flexibility index (Phi) is 5.33. The van der Waals surface area contributed by atoms with E-state index >= 15 is 0 Å². The molecule has 1 atom stereocenters. The zero-order valence-electron chi connectivity index (χ0n) is 14.7. The number of aliphatic hydroxyl groups is 1. The smallest absolute Gasteiger partial charge is 0.387 e. The topological polar surface area (TPSA) is 57.6 Å². The lowest BCUT2D eigenvalue weighted by Crippen LogP contribution is -2.35. The van der Waals surface area contributed by atoms with Gasteiger partial charge in [-0.1, -0.05) is 24.3 Å². The molecule has 0 amide bonds. The fraction of sp³-hybridized carbons (Fsp3) is 0.368. The third-order valence-electron chi connectivity index (χ3n) is 4.77. The van der Waals surface area contributed by atoms with Gasteiger partial charge in [0.2, 0.25) is 0 Å². The van der Waals surface area contributed by atoms with Gasteiger partial charge in [0.15, 0.2) is 9.84 Å². The predicted molar refractivity (Wildman–Crippen MR) is 94.9 cm³/mol. The number of rotatable bonds is 4. The molecule has 0 aliphatic carbocycles. The second kappa shape index (κ2) is 7.26. The average Bonchev–Trinajstić information content (AvgIpc) is 2.59. The highest BCUT2D eigenvalue weighted by atomic mass is 32.2. The Morgan fingerprint density at radius 3 is 2.41 bits per heavy atom. The molecule has 27 heavy (non-hydrogen) atoms. The molecule has 1 aliphatic heterocycles. The zero-order valence-corrected chi connectivity index (χ0v) is 15.5. The summed E-state index contributed by atoms with van der Waals surface area (Å²) in [6.07, 6.45) is -3.84. The number of β-amino-alcohol motifs (C(OH)–C–C–N with tert-alkyl or cyclic N) is 1. The maximum atomic E-state index is 13.1. The molecule has 0 radical (unpaired) electrons. The van der Waals surface area contributed by atoms with Crippen molar-refractivity contribution in [2.45, 2.75) is 30.1 Å². The van der Waals surface area contributed by atoms with E-state index in [0.717, 1.165) is 12.3 Å². The van der Waals surface area contributed by atoms with Crippen LogP contribution in [0, 0.1) is 0 Å². The Balaban J connectivity index is 1.71. The monoisotopic (exact) mass is 399 g/mol. The standard InChI is InChI=1S/C19H20F3NO3S/c1-27(25,26)15-7-5-13(6-8-15)18(24)12-23-10-9-16-14(11-23)3-2-4-17(16)19(20,21)22/h2-8,18,24H,9-12H2,1H3. The number of hydrogen-bond acceptors (Lipinski definition) is 4. The summed E-state index contributed by atoms with van der Waals surface area (Å²) >= 11 is 0. The lowest BCUT2D eigenvalue weighted by atomic mass is 9.94. The molecule has 3 rings (SSSR count). The maximum Gasteiger partial charge on any atom is 0.416 e. The molecule has 1 unspecified atom stereocenters. The van der Waals surface area contributed by atoms with E-state index in [0.29, 0.717) is 29.8 Å². The minimum absolute atomic E-state index is 0.171. The first kappa shape index (κ1) is 19.9. The molecule has 1 N–H and O–H groups in total. The van der Waals surface area contributed by atoms with Crippen LogP contribution < -0.4 is 0 Å². The Hall–Kier alpha value is -1.90. The number of halogens is 3. The Morgan fingerprint density at radius 1 is 1.15 bits per heavy atom. The fourth-order valence-corrected chi connectivity index (χ4v) is 4.01. The molecule has 0 saturated heterocycles. The van der Waals surface area contributed by atoms with Crippen molar-refractivity contribution in [3.63, 3.8) is 0 Å². The van der Waals surface area contributed by atoms with Gasteiger partial charge in [-0.15, -0.1) is 0 Å². The number of nitrogens with zero attached hydrogens (tertiary/aromatic N) is 1. The highest BCUT2D eigenvalue weighted by Gasteiger charge is 2.35. The molecule has 0 bridgehead atoms. The van der Waals surface area contributed by atoms with Crippen molar-refractivity contribution in [3.05, 3.63) is 64.7 Å². The van der Waals surface area contributed by atoms with E-state index in [2.05, 4.69) is 0 Å². The van der Waals surface area contributed by atoms with Crippen LogP contribution in [0.4, 0.5) is 13.2 Å². The highest BCUT2D eigenvalue weighted by Crippen LogP contribution is 2.35. The van der Waals surface area contributed by atoms with E-state index < -0.39 is 27.7 Å². The molecule has 1 aliphatic rings. The first-order chi connectivity index (χ1) is 12.6. The largest absolute Gasteiger partial charge is 0.416 e. The number of hydrogen-bond donors (Lipinski definition) is 1.